The van der Waals surface area contributed by atoms with E-state index in [1.54, 1.807) is 7.11 Å². The van der Waals surface area contributed by atoms with Gasteiger partial charge in [-0.05, 0) is 17.2 Å². The highest BCUT2D eigenvalue weighted by molar-refractivity contribution is 5.89. The molecule has 0 saturated heterocycles. The van der Waals surface area contributed by atoms with Crippen molar-refractivity contribution in [1.29, 1.82) is 0 Å². The molecule has 0 radical (unpaired) electrons. The predicted molar refractivity (Wildman–Crippen MR) is 102 cm³/mol. The van der Waals surface area contributed by atoms with Crippen molar-refractivity contribution in [1.82, 2.24) is 0 Å². The first-order valence-corrected chi connectivity index (χ1v) is 9.52. The van der Waals surface area contributed by atoms with Gasteiger partial charge in [-0.15, -0.1) is 0 Å². The van der Waals surface area contributed by atoms with Crippen molar-refractivity contribution in [3.05, 3.63) is 53.6 Å². The fraction of sp³-hybridized carbons (Fsp3) is 0.409. The lowest BCUT2D eigenvalue weighted by Gasteiger charge is -2.31. The summed E-state index contributed by atoms with van der Waals surface area (Å²) in [5.41, 5.74) is 3.59. The summed E-state index contributed by atoms with van der Waals surface area (Å²) in [6.45, 7) is 2.37. The van der Waals surface area contributed by atoms with E-state index >= 15 is 0 Å². The zero-order valence-electron chi connectivity index (χ0n) is 15.4. The number of ketones is 1. The molecule has 5 heteroatoms. The molecule has 5 rings (SSSR count). The summed E-state index contributed by atoms with van der Waals surface area (Å²) in [5, 5.41) is 0. The molecule has 2 aromatic rings. The first-order chi connectivity index (χ1) is 13.3. The van der Waals surface area contributed by atoms with Crippen LogP contribution in [-0.4, -0.2) is 38.8 Å². The van der Waals surface area contributed by atoms with E-state index in [9.17, 15) is 4.79 Å². The van der Waals surface area contributed by atoms with Crippen molar-refractivity contribution >= 4 is 11.5 Å². The highest BCUT2D eigenvalue weighted by Crippen LogP contribution is 2.54. The molecule has 2 aliphatic heterocycles. The lowest BCUT2D eigenvalue weighted by molar-refractivity contribution is -0.122. The zero-order chi connectivity index (χ0) is 18.4. The van der Waals surface area contributed by atoms with Crippen molar-refractivity contribution in [2.24, 2.45) is 5.92 Å². The zero-order valence-corrected chi connectivity index (χ0v) is 15.4. The minimum Gasteiger partial charge on any atom is -0.486 e. The first-order valence-electron chi connectivity index (χ1n) is 9.52. The number of nitrogens with zero attached hydrogens (tertiary/aromatic N) is 1. The minimum atomic E-state index is -0.102. The maximum Gasteiger partial charge on any atom is 0.163 e. The molecule has 3 aliphatic rings. The van der Waals surface area contributed by atoms with Crippen LogP contribution in [0.25, 0.3) is 0 Å². The van der Waals surface area contributed by atoms with Crippen LogP contribution in [-0.2, 0) is 16.1 Å². The monoisotopic (exact) mass is 365 g/mol. The Morgan fingerprint density at radius 3 is 2.59 bits per heavy atom. The second-order valence-corrected chi connectivity index (χ2v) is 7.50. The predicted octanol–water partition coefficient (Wildman–Crippen LogP) is 3.17. The first kappa shape index (κ1) is 16.6. The Morgan fingerprint density at radius 1 is 1.11 bits per heavy atom. The number of benzene rings is 2. The topological polar surface area (TPSA) is 48.0 Å². The number of fused-ring (bicyclic) bond motifs is 4. The van der Waals surface area contributed by atoms with Gasteiger partial charge in [-0.25, -0.2) is 0 Å². The van der Waals surface area contributed by atoms with Crippen LogP contribution in [0.1, 0.15) is 23.5 Å². The Labute approximate surface area is 158 Å². The molecule has 1 fully saturated rings. The molecular formula is C22H23NO4. The van der Waals surface area contributed by atoms with Crippen LogP contribution in [0.4, 0.5) is 5.69 Å². The maximum atomic E-state index is 12.7. The summed E-state index contributed by atoms with van der Waals surface area (Å²) in [7, 11) is 1.67. The molecular weight excluding hydrogens is 342 g/mol. The number of anilines is 1. The van der Waals surface area contributed by atoms with Gasteiger partial charge < -0.3 is 19.1 Å². The van der Waals surface area contributed by atoms with Gasteiger partial charge in [-0.2, -0.15) is 0 Å². The van der Waals surface area contributed by atoms with Crippen molar-refractivity contribution in [3.8, 4) is 11.5 Å². The van der Waals surface area contributed by atoms with E-state index in [0.717, 1.165) is 23.7 Å². The average molecular weight is 365 g/mol. The Bertz CT molecular complexity index is 866. The second kappa shape index (κ2) is 6.57. The third-order valence-electron chi connectivity index (χ3n) is 5.96. The Kier molecular flexibility index (Phi) is 4.05. The van der Waals surface area contributed by atoms with Crippen molar-refractivity contribution in [2.45, 2.75) is 24.9 Å². The van der Waals surface area contributed by atoms with Gasteiger partial charge in [-0.1, -0.05) is 30.3 Å². The van der Waals surface area contributed by atoms with Crippen LogP contribution in [0.15, 0.2) is 42.5 Å². The summed E-state index contributed by atoms with van der Waals surface area (Å²) >= 11 is 0. The SMILES string of the molecule is COC[C@H]1C(=O)C[C@@H]2c3cc4c(cc3N(Cc3ccccc3)[C@@H]21)OCCO4. The number of carbonyl (C=O) groups excluding carboxylic acids is 1. The van der Waals surface area contributed by atoms with Crippen LogP contribution < -0.4 is 14.4 Å². The molecule has 27 heavy (non-hydrogen) atoms. The fourth-order valence-electron chi connectivity index (χ4n) is 4.83. The highest BCUT2D eigenvalue weighted by Gasteiger charge is 2.51. The number of carbonyl (C=O) groups is 1. The highest BCUT2D eigenvalue weighted by atomic mass is 16.6. The van der Waals surface area contributed by atoms with Gasteiger partial charge >= 0.3 is 0 Å². The molecule has 1 saturated carbocycles. The standard InChI is InChI=1S/C22H23NO4/c1-25-13-17-19(24)9-16-15-10-20-21(27-8-7-26-20)11-18(15)23(22(16)17)12-14-5-3-2-4-6-14/h2-6,10-11,16-17,22H,7-9,12-13H2,1H3/t16-,17+,22+/m1/s1. The fourth-order valence-corrected chi connectivity index (χ4v) is 4.83. The van der Waals surface area contributed by atoms with E-state index in [1.807, 2.05) is 6.07 Å². The van der Waals surface area contributed by atoms with Crippen molar-refractivity contribution in [2.75, 3.05) is 31.8 Å². The van der Waals surface area contributed by atoms with Gasteiger partial charge in [0.1, 0.15) is 19.0 Å². The smallest absolute Gasteiger partial charge is 0.163 e. The van der Waals surface area contributed by atoms with E-state index in [1.165, 1.54) is 11.1 Å². The average Bonchev–Trinajstić information content (AvgIpc) is 3.16. The third-order valence-corrected chi connectivity index (χ3v) is 5.96. The van der Waals surface area contributed by atoms with Gasteiger partial charge in [0.15, 0.2) is 11.5 Å². The van der Waals surface area contributed by atoms with Gasteiger partial charge in [0.05, 0.1) is 12.5 Å². The minimum absolute atomic E-state index is 0.102. The Morgan fingerprint density at radius 2 is 1.85 bits per heavy atom. The Hall–Kier alpha value is -2.53. The van der Waals surface area contributed by atoms with Crippen LogP contribution in [0.5, 0.6) is 11.5 Å². The van der Waals surface area contributed by atoms with Gasteiger partial charge in [0, 0.05) is 43.8 Å². The van der Waals surface area contributed by atoms with E-state index in [0.29, 0.717) is 32.0 Å². The number of methoxy groups -OCH3 is 1. The van der Waals surface area contributed by atoms with Crippen LogP contribution in [0.2, 0.25) is 0 Å². The van der Waals surface area contributed by atoms with Gasteiger partial charge in [0.2, 0.25) is 0 Å². The molecule has 140 valence electrons. The third kappa shape index (κ3) is 2.69. The molecule has 0 amide bonds. The molecule has 2 heterocycles. The molecule has 0 spiro atoms. The second-order valence-electron chi connectivity index (χ2n) is 7.50. The van der Waals surface area contributed by atoms with Crippen molar-refractivity contribution < 1.29 is 19.0 Å². The van der Waals surface area contributed by atoms with Crippen LogP contribution >= 0.6 is 0 Å². The van der Waals surface area contributed by atoms with Gasteiger partial charge in [0.25, 0.3) is 0 Å². The number of Topliss-reactive ketones (excluding diaryl/α,β-unsaturated/α-hetero) is 1. The summed E-state index contributed by atoms with van der Waals surface area (Å²) in [5.74, 6) is 1.98. The molecule has 5 nitrogen and oxygen atoms in total. The number of ether oxygens (including phenoxy) is 3. The molecule has 0 unspecified atom stereocenters. The molecule has 1 aliphatic carbocycles. The molecule has 2 aromatic carbocycles. The molecule has 0 aromatic heterocycles. The molecule has 3 atom stereocenters. The van der Waals surface area contributed by atoms with Crippen LogP contribution in [0.3, 0.4) is 0 Å². The summed E-state index contributed by atoms with van der Waals surface area (Å²) in [6, 6.07) is 14.7. The van der Waals surface area contributed by atoms with E-state index in [4.69, 9.17) is 14.2 Å². The summed E-state index contributed by atoms with van der Waals surface area (Å²) < 4.78 is 17.0. The number of hydrogen-bond acceptors (Lipinski definition) is 5. The molecule has 0 bridgehead atoms. The summed E-state index contributed by atoms with van der Waals surface area (Å²) in [6.07, 6.45) is 0.566. The molecule has 0 N–H and O–H groups in total. The number of hydrogen-bond donors (Lipinski definition) is 0. The summed E-state index contributed by atoms with van der Waals surface area (Å²) in [4.78, 5) is 15.1. The van der Waals surface area contributed by atoms with E-state index in [2.05, 4.69) is 41.3 Å². The van der Waals surface area contributed by atoms with E-state index in [-0.39, 0.29) is 17.9 Å². The largest absolute Gasteiger partial charge is 0.486 e. The Balaban J connectivity index is 1.59. The maximum absolute atomic E-state index is 12.7. The quantitative estimate of drug-likeness (QED) is 0.833. The van der Waals surface area contributed by atoms with E-state index < -0.39 is 0 Å². The van der Waals surface area contributed by atoms with Gasteiger partial charge in [-0.3, -0.25) is 4.79 Å². The normalized spacial score (nSPS) is 25.4. The lowest BCUT2D eigenvalue weighted by Crippen LogP contribution is -2.39. The lowest BCUT2D eigenvalue weighted by atomic mass is 9.94. The van der Waals surface area contributed by atoms with Crippen molar-refractivity contribution in [3.63, 3.8) is 0 Å². The van der Waals surface area contributed by atoms with Crippen LogP contribution in [0, 0.1) is 5.92 Å². The number of rotatable bonds is 4.